The Hall–Kier alpha value is -2.75. The van der Waals surface area contributed by atoms with E-state index in [1.54, 1.807) is 18.2 Å². The van der Waals surface area contributed by atoms with Crippen molar-refractivity contribution in [3.8, 4) is 0 Å². The minimum absolute atomic E-state index is 0.0668. The zero-order chi connectivity index (χ0) is 18.9. The molecular weight excluding hydrogens is 358 g/mol. The maximum atomic E-state index is 12.5. The highest BCUT2D eigenvalue weighted by Gasteiger charge is 2.22. The Morgan fingerprint density at radius 2 is 2.00 bits per heavy atom. The predicted octanol–water partition coefficient (Wildman–Crippen LogP) is 1.36. The molecule has 0 atom stereocenters. The molecule has 2 amide bonds. The van der Waals surface area contributed by atoms with Gasteiger partial charge in [0.2, 0.25) is 0 Å². The van der Waals surface area contributed by atoms with Crippen LogP contribution in [0, 0.1) is 0 Å². The quantitative estimate of drug-likeness (QED) is 0.768. The van der Waals surface area contributed by atoms with E-state index in [0.717, 1.165) is 5.56 Å². The van der Waals surface area contributed by atoms with E-state index in [1.807, 2.05) is 0 Å². The Labute approximate surface area is 150 Å². The van der Waals surface area contributed by atoms with Gasteiger partial charge in [0, 0.05) is 30.4 Å². The zero-order valence-electron chi connectivity index (χ0n) is 14.1. The lowest BCUT2D eigenvalue weighted by atomic mass is 10.1. The first-order valence-electron chi connectivity index (χ1n) is 7.68. The van der Waals surface area contributed by atoms with E-state index in [9.17, 15) is 18.0 Å². The average molecular weight is 375 g/mol. The van der Waals surface area contributed by atoms with Crippen LogP contribution in [-0.4, -0.2) is 38.9 Å². The van der Waals surface area contributed by atoms with E-state index in [2.05, 4.69) is 10.6 Å². The first-order chi connectivity index (χ1) is 12.3. The van der Waals surface area contributed by atoms with Crippen LogP contribution in [0.2, 0.25) is 0 Å². The maximum Gasteiger partial charge on any atom is 0.264 e. The first-order valence-corrected chi connectivity index (χ1v) is 9.12. The smallest absolute Gasteiger partial charge is 0.264 e. The number of rotatable bonds is 5. The second-order valence-electron chi connectivity index (χ2n) is 5.63. The molecule has 0 unspecified atom stereocenters. The Kier molecular flexibility index (Phi) is 4.77. The standard InChI is InChI=1S/C17H17N3O5S/c1-20(25-2)26(23,24)14-5-3-4-11(8-14)16(21)19-13-7-6-12-10-18-17(22)15(12)9-13/h3-9H,10H2,1-2H3,(H,18,22)(H,19,21). The lowest BCUT2D eigenvalue weighted by Crippen LogP contribution is -2.26. The molecule has 1 heterocycles. The van der Waals surface area contributed by atoms with E-state index >= 15 is 0 Å². The number of carbonyl (C=O) groups is 2. The van der Waals surface area contributed by atoms with Gasteiger partial charge in [-0.2, -0.15) is 0 Å². The summed E-state index contributed by atoms with van der Waals surface area (Å²) in [6, 6.07) is 10.7. The number of anilines is 1. The minimum atomic E-state index is -3.86. The van der Waals surface area contributed by atoms with E-state index in [4.69, 9.17) is 4.84 Å². The van der Waals surface area contributed by atoms with Crippen LogP contribution in [0.25, 0.3) is 0 Å². The Bertz CT molecular complexity index is 988. The summed E-state index contributed by atoms with van der Waals surface area (Å²) in [6.45, 7) is 0.468. The monoisotopic (exact) mass is 375 g/mol. The van der Waals surface area contributed by atoms with Crippen molar-refractivity contribution >= 4 is 27.5 Å². The molecule has 136 valence electrons. The van der Waals surface area contributed by atoms with E-state index < -0.39 is 15.9 Å². The second kappa shape index (κ2) is 6.87. The van der Waals surface area contributed by atoms with Gasteiger partial charge in [-0.05, 0) is 35.9 Å². The molecule has 9 heteroatoms. The maximum absolute atomic E-state index is 12.5. The van der Waals surface area contributed by atoms with E-state index in [-0.39, 0.29) is 16.4 Å². The Morgan fingerprint density at radius 3 is 2.73 bits per heavy atom. The van der Waals surface area contributed by atoms with Crippen molar-refractivity contribution < 1.29 is 22.8 Å². The summed E-state index contributed by atoms with van der Waals surface area (Å²) in [4.78, 5) is 28.8. The molecule has 0 radical (unpaired) electrons. The Morgan fingerprint density at radius 1 is 1.23 bits per heavy atom. The van der Waals surface area contributed by atoms with Gasteiger partial charge < -0.3 is 10.6 Å². The summed E-state index contributed by atoms with van der Waals surface area (Å²) in [5, 5.41) is 5.37. The summed E-state index contributed by atoms with van der Waals surface area (Å²) < 4.78 is 25.3. The number of hydrogen-bond acceptors (Lipinski definition) is 5. The summed E-state index contributed by atoms with van der Waals surface area (Å²) in [5.74, 6) is -0.674. The van der Waals surface area contributed by atoms with Crippen molar-refractivity contribution in [1.82, 2.24) is 9.79 Å². The van der Waals surface area contributed by atoms with Crippen LogP contribution >= 0.6 is 0 Å². The number of sulfonamides is 1. The number of carbonyl (C=O) groups excluding carboxylic acids is 2. The molecule has 0 aromatic heterocycles. The number of fused-ring (bicyclic) bond motifs is 1. The molecule has 0 aliphatic carbocycles. The number of hydrogen-bond donors (Lipinski definition) is 2. The van der Waals surface area contributed by atoms with Crippen LogP contribution < -0.4 is 10.6 Å². The van der Waals surface area contributed by atoms with Gasteiger partial charge >= 0.3 is 0 Å². The molecule has 0 bridgehead atoms. The molecule has 2 aromatic rings. The molecule has 0 saturated heterocycles. The van der Waals surface area contributed by atoms with Gasteiger partial charge in [-0.15, -0.1) is 0 Å². The van der Waals surface area contributed by atoms with Gasteiger partial charge in [-0.3, -0.25) is 14.4 Å². The molecule has 0 fully saturated rings. The molecule has 0 saturated carbocycles. The van der Waals surface area contributed by atoms with Crippen molar-refractivity contribution in [3.05, 3.63) is 59.2 Å². The van der Waals surface area contributed by atoms with Crippen LogP contribution in [-0.2, 0) is 21.4 Å². The highest BCUT2D eigenvalue weighted by atomic mass is 32.2. The minimum Gasteiger partial charge on any atom is -0.348 e. The van der Waals surface area contributed by atoms with Crippen molar-refractivity contribution in [1.29, 1.82) is 0 Å². The van der Waals surface area contributed by atoms with Crippen LogP contribution in [0.3, 0.4) is 0 Å². The summed E-state index contributed by atoms with van der Waals surface area (Å²) in [6.07, 6.45) is 0. The number of nitrogens with one attached hydrogen (secondary N) is 2. The van der Waals surface area contributed by atoms with Crippen molar-refractivity contribution in [3.63, 3.8) is 0 Å². The highest BCUT2D eigenvalue weighted by Crippen LogP contribution is 2.21. The summed E-state index contributed by atoms with van der Waals surface area (Å²) in [5.41, 5.74) is 2.00. The van der Waals surface area contributed by atoms with Crippen molar-refractivity contribution in [2.45, 2.75) is 11.4 Å². The number of nitrogens with zero attached hydrogens (tertiary/aromatic N) is 1. The number of amides is 2. The third kappa shape index (κ3) is 3.32. The molecule has 1 aliphatic heterocycles. The molecule has 2 aromatic carbocycles. The topological polar surface area (TPSA) is 105 Å². The Balaban J connectivity index is 1.84. The van der Waals surface area contributed by atoms with Gasteiger partial charge in [-0.25, -0.2) is 8.42 Å². The normalized spacial score (nSPS) is 13.4. The summed E-state index contributed by atoms with van der Waals surface area (Å²) in [7, 11) is -1.36. The molecule has 1 aliphatic rings. The average Bonchev–Trinajstić information content (AvgIpc) is 3.01. The predicted molar refractivity (Wildman–Crippen MR) is 94.0 cm³/mol. The van der Waals surface area contributed by atoms with Crippen LogP contribution in [0.5, 0.6) is 0 Å². The molecule has 3 rings (SSSR count). The fourth-order valence-electron chi connectivity index (χ4n) is 2.54. The number of benzene rings is 2. The SMILES string of the molecule is CON(C)S(=O)(=O)c1cccc(C(=O)Nc2ccc3c(c2)C(=O)NC3)c1. The number of hydroxylamine groups is 1. The van der Waals surface area contributed by atoms with Gasteiger partial charge in [0.1, 0.15) is 0 Å². The fraction of sp³-hybridized carbons (Fsp3) is 0.176. The second-order valence-corrected chi connectivity index (χ2v) is 7.57. The van der Waals surface area contributed by atoms with Crippen LogP contribution in [0.15, 0.2) is 47.4 Å². The lowest BCUT2D eigenvalue weighted by Gasteiger charge is -2.14. The molecule has 2 N–H and O–H groups in total. The molecule has 0 spiro atoms. The molecule has 8 nitrogen and oxygen atoms in total. The first kappa shape index (κ1) is 18.1. The molecular formula is C17H17N3O5S. The van der Waals surface area contributed by atoms with Gasteiger partial charge in [-0.1, -0.05) is 16.6 Å². The molecule has 26 heavy (non-hydrogen) atoms. The van der Waals surface area contributed by atoms with E-state index in [0.29, 0.717) is 22.3 Å². The fourth-order valence-corrected chi connectivity index (χ4v) is 3.56. The summed E-state index contributed by atoms with van der Waals surface area (Å²) >= 11 is 0. The van der Waals surface area contributed by atoms with Gasteiger partial charge in [0.05, 0.1) is 12.0 Å². The van der Waals surface area contributed by atoms with E-state index in [1.165, 1.54) is 38.4 Å². The third-order valence-corrected chi connectivity index (χ3v) is 5.72. The van der Waals surface area contributed by atoms with Crippen molar-refractivity contribution in [2.75, 3.05) is 19.5 Å². The lowest BCUT2D eigenvalue weighted by molar-refractivity contribution is -0.0258. The van der Waals surface area contributed by atoms with Gasteiger partial charge in [0.25, 0.3) is 21.8 Å². The van der Waals surface area contributed by atoms with Gasteiger partial charge in [0.15, 0.2) is 0 Å². The highest BCUT2D eigenvalue weighted by molar-refractivity contribution is 7.89. The van der Waals surface area contributed by atoms with Crippen molar-refractivity contribution in [2.24, 2.45) is 0 Å². The largest absolute Gasteiger partial charge is 0.348 e. The third-order valence-electron chi connectivity index (χ3n) is 4.04. The zero-order valence-corrected chi connectivity index (χ0v) is 15.0. The van der Waals surface area contributed by atoms with Crippen LogP contribution in [0.1, 0.15) is 26.3 Å². The van der Waals surface area contributed by atoms with Crippen LogP contribution in [0.4, 0.5) is 5.69 Å².